The Bertz CT molecular complexity index is 1020. The van der Waals surface area contributed by atoms with Gasteiger partial charge in [-0.25, -0.2) is 8.42 Å². The number of benzene rings is 2. The Labute approximate surface area is 154 Å². The number of nitro groups is 1. The summed E-state index contributed by atoms with van der Waals surface area (Å²) in [5.74, 6) is 0. The summed E-state index contributed by atoms with van der Waals surface area (Å²) in [6, 6.07) is 15.6. The van der Waals surface area contributed by atoms with E-state index in [1.807, 2.05) is 0 Å². The molecular formula is C17H13N3O4S2. The number of rotatable bonds is 6. The summed E-state index contributed by atoms with van der Waals surface area (Å²) in [6.07, 6.45) is 2.99. The van der Waals surface area contributed by atoms with Crippen molar-refractivity contribution in [2.45, 2.75) is 14.7 Å². The van der Waals surface area contributed by atoms with Crippen LogP contribution in [-0.2, 0) is 10.0 Å². The number of hydrogen-bond donors (Lipinski definition) is 1. The number of sulfonamides is 1. The standard InChI is InChI=1S/C17H13N3O4S2/c21-20(22)14-5-7-15(8-6-14)25-16-3-1-2-4-17(16)26(23,24)19-13-9-11-18-12-10-13/h1-12H,(H,18,19). The van der Waals surface area contributed by atoms with Crippen molar-refractivity contribution in [3.05, 3.63) is 83.2 Å². The highest BCUT2D eigenvalue weighted by atomic mass is 32.2. The number of aromatic nitrogens is 1. The van der Waals surface area contributed by atoms with Crippen LogP contribution in [0.4, 0.5) is 11.4 Å². The van der Waals surface area contributed by atoms with Gasteiger partial charge in [-0.05, 0) is 36.4 Å². The number of nitrogens with one attached hydrogen (secondary N) is 1. The Balaban J connectivity index is 1.89. The molecule has 0 fully saturated rings. The lowest BCUT2D eigenvalue weighted by atomic mass is 10.3. The molecule has 0 atom stereocenters. The number of hydrogen-bond acceptors (Lipinski definition) is 6. The molecule has 0 saturated heterocycles. The summed E-state index contributed by atoms with van der Waals surface area (Å²) in [4.78, 5) is 15.4. The second kappa shape index (κ2) is 7.54. The fourth-order valence-corrected chi connectivity index (χ4v) is 4.59. The van der Waals surface area contributed by atoms with Crippen LogP contribution in [0.5, 0.6) is 0 Å². The monoisotopic (exact) mass is 387 g/mol. The lowest BCUT2D eigenvalue weighted by Crippen LogP contribution is -2.13. The van der Waals surface area contributed by atoms with E-state index >= 15 is 0 Å². The van der Waals surface area contributed by atoms with Crippen LogP contribution in [-0.4, -0.2) is 18.3 Å². The SMILES string of the molecule is O=[N+]([O-])c1ccc(Sc2ccccc2S(=O)(=O)Nc2ccncc2)cc1. The van der Waals surface area contributed by atoms with Crippen molar-refractivity contribution in [2.24, 2.45) is 0 Å². The van der Waals surface area contributed by atoms with Gasteiger partial charge < -0.3 is 0 Å². The predicted molar refractivity (Wildman–Crippen MR) is 98.7 cm³/mol. The first kappa shape index (κ1) is 17.9. The third-order valence-corrected chi connectivity index (χ3v) is 6.00. The normalized spacial score (nSPS) is 11.1. The van der Waals surface area contributed by atoms with E-state index in [0.717, 1.165) is 0 Å². The van der Waals surface area contributed by atoms with E-state index in [9.17, 15) is 18.5 Å². The highest BCUT2D eigenvalue weighted by molar-refractivity contribution is 8.00. The van der Waals surface area contributed by atoms with Crippen LogP contribution in [0.15, 0.2) is 87.7 Å². The van der Waals surface area contributed by atoms with Gasteiger partial charge in [0.2, 0.25) is 0 Å². The minimum Gasteiger partial charge on any atom is -0.279 e. The topological polar surface area (TPSA) is 102 Å². The summed E-state index contributed by atoms with van der Waals surface area (Å²) in [6.45, 7) is 0. The minimum atomic E-state index is -3.79. The van der Waals surface area contributed by atoms with E-state index in [2.05, 4.69) is 9.71 Å². The van der Waals surface area contributed by atoms with Gasteiger partial charge in [-0.2, -0.15) is 0 Å². The molecule has 9 heteroatoms. The average Bonchev–Trinajstić information content (AvgIpc) is 2.63. The van der Waals surface area contributed by atoms with Gasteiger partial charge in [-0.15, -0.1) is 0 Å². The van der Waals surface area contributed by atoms with Gasteiger partial charge in [-0.1, -0.05) is 23.9 Å². The van der Waals surface area contributed by atoms with Gasteiger partial charge in [0, 0.05) is 34.3 Å². The molecule has 1 heterocycles. The molecule has 3 rings (SSSR count). The molecule has 0 aliphatic rings. The zero-order chi connectivity index (χ0) is 18.6. The Hall–Kier alpha value is -2.91. The number of nitro benzene ring substituents is 1. The zero-order valence-corrected chi connectivity index (χ0v) is 14.9. The van der Waals surface area contributed by atoms with Crippen molar-refractivity contribution in [3.8, 4) is 0 Å². The first-order chi connectivity index (χ1) is 12.5. The molecule has 3 aromatic rings. The first-order valence-corrected chi connectivity index (χ1v) is 9.70. The molecule has 0 bridgehead atoms. The van der Waals surface area contributed by atoms with Gasteiger partial charge in [0.05, 0.1) is 10.6 Å². The van der Waals surface area contributed by atoms with E-state index in [0.29, 0.717) is 15.5 Å². The molecule has 2 aromatic carbocycles. The van der Waals surface area contributed by atoms with Crippen molar-refractivity contribution < 1.29 is 13.3 Å². The molecule has 0 amide bonds. The molecule has 0 saturated carbocycles. The van der Waals surface area contributed by atoms with E-state index in [1.54, 1.807) is 42.5 Å². The maximum absolute atomic E-state index is 12.7. The van der Waals surface area contributed by atoms with E-state index < -0.39 is 14.9 Å². The molecule has 0 spiro atoms. The molecule has 1 N–H and O–H groups in total. The number of pyridine rings is 1. The third-order valence-electron chi connectivity index (χ3n) is 3.35. The van der Waals surface area contributed by atoms with Crippen LogP contribution in [0.1, 0.15) is 0 Å². The maximum atomic E-state index is 12.7. The molecule has 0 aliphatic carbocycles. The van der Waals surface area contributed by atoms with Gasteiger partial charge in [-0.3, -0.25) is 19.8 Å². The molecule has 132 valence electrons. The van der Waals surface area contributed by atoms with Crippen LogP contribution in [0.2, 0.25) is 0 Å². The third kappa shape index (κ3) is 4.19. The Morgan fingerprint density at radius 2 is 1.62 bits per heavy atom. The number of anilines is 1. The molecule has 0 unspecified atom stereocenters. The molecule has 7 nitrogen and oxygen atoms in total. The van der Waals surface area contributed by atoms with Crippen molar-refractivity contribution in [1.82, 2.24) is 4.98 Å². The van der Waals surface area contributed by atoms with Crippen molar-refractivity contribution in [3.63, 3.8) is 0 Å². The zero-order valence-electron chi connectivity index (χ0n) is 13.3. The maximum Gasteiger partial charge on any atom is 0.269 e. The summed E-state index contributed by atoms with van der Waals surface area (Å²) in [5.41, 5.74) is 0.393. The lowest BCUT2D eigenvalue weighted by Gasteiger charge is -2.12. The van der Waals surface area contributed by atoms with Gasteiger partial charge in [0.1, 0.15) is 4.90 Å². The molecule has 26 heavy (non-hydrogen) atoms. The molecule has 1 aromatic heterocycles. The summed E-state index contributed by atoms with van der Waals surface area (Å²) < 4.78 is 28.0. The number of nitrogens with zero attached hydrogens (tertiary/aromatic N) is 2. The fraction of sp³-hybridized carbons (Fsp3) is 0. The van der Waals surface area contributed by atoms with E-state index in [1.165, 1.54) is 42.4 Å². The first-order valence-electron chi connectivity index (χ1n) is 7.40. The average molecular weight is 387 g/mol. The summed E-state index contributed by atoms with van der Waals surface area (Å²) in [7, 11) is -3.79. The Morgan fingerprint density at radius 3 is 2.27 bits per heavy atom. The highest BCUT2D eigenvalue weighted by Gasteiger charge is 2.19. The summed E-state index contributed by atoms with van der Waals surface area (Å²) in [5, 5.41) is 10.7. The van der Waals surface area contributed by atoms with Crippen molar-refractivity contribution in [2.75, 3.05) is 4.72 Å². The Kier molecular flexibility index (Phi) is 5.19. The largest absolute Gasteiger partial charge is 0.279 e. The smallest absolute Gasteiger partial charge is 0.269 e. The van der Waals surface area contributed by atoms with E-state index in [4.69, 9.17) is 0 Å². The van der Waals surface area contributed by atoms with Gasteiger partial charge >= 0.3 is 0 Å². The van der Waals surface area contributed by atoms with Gasteiger partial charge in [0.15, 0.2) is 0 Å². The Morgan fingerprint density at radius 1 is 0.962 bits per heavy atom. The number of non-ortho nitro benzene ring substituents is 1. The van der Waals surface area contributed by atoms with Crippen LogP contribution < -0.4 is 4.72 Å². The second-order valence-corrected chi connectivity index (χ2v) is 7.91. The van der Waals surface area contributed by atoms with Crippen LogP contribution >= 0.6 is 11.8 Å². The van der Waals surface area contributed by atoms with E-state index in [-0.39, 0.29) is 10.6 Å². The molecular weight excluding hydrogens is 374 g/mol. The summed E-state index contributed by atoms with van der Waals surface area (Å²) >= 11 is 1.22. The predicted octanol–water partition coefficient (Wildman–Crippen LogP) is 3.94. The lowest BCUT2D eigenvalue weighted by molar-refractivity contribution is -0.384. The molecule has 0 aliphatic heterocycles. The fourth-order valence-electron chi connectivity index (χ4n) is 2.15. The van der Waals surface area contributed by atoms with Crippen molar-refractivity contribution in [1.29, 1.82) is 0 Å². The molecule has 0 radical (unpaired) electrons. The van der Waals surface area contributed by atoms with Crippen LogP contribution in [0.25, 0.3) is 0 Å². The van der Waals surface area contributed by atoms with Crippen LogP contribution in [0.3, 0.4) is 0 Å². The minimum absolute atomic E-state index is 0.0189. The van der Waals surface area contributed by atoms with Gasteiger partial charge in [0.25, 0.3) is 15.7 Å². The highest BCUT2D eigenvalue weighted by Crippen LogP contribution is 2.34. The second-order valence-electron chi connectivity index (χ2n) is 5.14. The van der Waals surface area contributed by atoms with Crippen LogP contribution in [0, 0.1) is 10.1 Å². The van der Waals surface area contributed by atoms with Crippen molar-refractivity contribution >= 4 is 33.2 Å². The quantitative estimate of drug-likeness (QED) is 0.508.